The average molecular weight is 405 g/mol. The maximum absolute atomic E-state index is 13.7. The standard InChI is InChI=1S/C23H23N3O4/c1-3-13-25-21(29)18-9-4-5-10-19(18)26-20(28)11-12-23(25,26)22(30)24-17-8-6-7-16(14-17)15(2)27/h4-10,14H,3,11-13H2,1-2H3,(H,24,30)/t23-/m1/s1. The number of carbonyl (C=O) groups is 4. The van der Waals surface area contributed by atoms with E-state index in [0.29, 0.717) is 35.5 Å². The summed E-state index contributed by atoms with van der Waals surface area (Å²) in [7, 11) is 0. The van der Waals surface area contributed by atoms with Crippen LogP contribution in [0.3, 0.4) is 0 Å². The Labute approximate surface area is 174 Å². The first kappa shape index (κ1) is 19.8. The number of amides is 3. The number of hydrogen-bond donors (Lipinski definition) is 1. The molecule has 2 aliphatic rings. The van der Waals surface area contributed by atoms with Gasteiger partial charge in [0.1, 0.15) is 0 Å². The molecule has 2 aromatic carbocycles. The molecule has 7 nitrogen and oxygen atoms in total. The van der Waals surface area contributed by atoms with Gasteiger partial charge in [-0.2, -0.15) is 0 Å². The van der Waals surface area contributed by atoms with Gasteiger partial charge in [-0.3, -0.25) is 24.1 Å². The van der Waals surface area contributed by atoms with Gasteiger partial charge in [-0.25, -0.2) is 0 Å². The molecule has 30 heavy (non-hydrogen) atoms. The van der Waals surface area contributed by atoms with E-state index in [4.69, 9.17) is 0 Å². The van der Waals surface area contributed by atoms with Crippen LogP contribution in [-0.4, -0.2) is 40.6 Å². The first-order valence-corrected chi connectivity index (χ1v) is 10.1. The van der Waals surface area contributed by atoms with Gasteiger partial charge < -0.3 is 10.2 Å². The molecule has 0 spiro atoms. The Bertz CT molecular complexity index is 1060. The van der Waals surface area contributed by atoms with Gasteiger partial charge in [-0.05, 0) is 37.6 Å². The van der Waals surface area contributed by atoms with Crippen molar-refractivity contribution in [3.05, 3.63) is 59.7 Å². The number of anilines is 2. The second-order valence-corrected chi connectivity index (χ2v) is 7.61. The molecular formula is C23H23N3O4. The van der Waals surface area contributed by atoms with E-state index in [2.05, 4.69) is 5.32 Å². The van der Waals surface area contributed by atoms with Crippen molar-refractivity contribution in [1.29, 1.82) is 0 Å². The third-order valence-corrected chi connectivity index (χ3v) is 5.71. The van der Waals surface area contributed by atoms with Crippen molar-refractivity contribution in [1.82, 2.24) is 4.90 Å². The number of para-hydroxylation sites is 1. The highest BCUT2D eigenvalue weighted by Crippen LogP contribution is 2.45. The number of benzene rings is 2. The molecule has 0 saturated carbocycles. The van der Waals surface area contributed by atoms with E-state index in [1.165, 1.54) is 16.7 Å². The topological polar surface area (TPSA) is 86.8 Å². The van der Waals surface area contributed by atoms with E-state index in [9.17, 15) is 19.2 Å². The molecule has 1 fully saturated rings. The van der Waals surface area contributed by atoms with E-state index < -0.39 is 11.6 Å². The summed E-state index contributed by atoms with van der Waals surface area (Å²) in [5.74, 6) is -1.02. The molecule has 2 heterocycles. The smallest absolute Gasteiger partial charge is 0.271 e. The van der Waals surface area contributed by atoms with Crippen LogP contribution < -0.4 is 10.2 Å². The largest absolute Gasteiger partial charge is 0.322 e. The van der Waals surface area contributed by atoms with Crippen LogP contribution in [0.4, 0.5) is 11.4 Å². The highest BCUT2D eigenvalue weighted by Gasteiger charge is 2.60. The van der Waals surface area contributed by atoms with Crippen LogP contribution in [0.5, 0.6) is 0 Å². The fraction of sp³-hybridized carbons (Fsp3) is 0.304. The summed E-state index contributed by atoms with van der Waals surface area (Å²) < 4.78 is 0. The Kier molecular flexibility index (Phi) is 4.89. The zero-order valence-corrected chi connectivity index (χ0v) is 17.0. The second kappa shape index (κ2) is 7.40. The van der Waals surface area contributed by atoms with E-state index in [1.807, 2.05) is 6.92 Å². The second-order valence-electron chi connectivity index (χ2n) is 7.61. The van der Waals surface area contributed by atoms with Gasteiger partial charge in [0.2, 0.25) is 11.6 Å². The van der Waals surface area contributed by atoms with Crippen LogP contribution in [0, 0.1) is 0 Å². The minimum absolute atomic E-state index is 0.115. The van der Waals surface area contributed by atoms with Crippen molar-refractivity contribution in [2.75, 3.05) is 16.8 Å². The first-order valence-electron chi connectivity index (χ1n) is 10.1. The predicted octanol–water partition coefficient (Wildman–Crippen LogP) is 3.22. The maximum Gasteiger partial charge on any atom is 0.271 e. The van der Waals surface area contributed by atoms with E-state index in [1.54, 1.807) is 48.5 Å². The Morgan fingerprint density at radius 2 is 1.87 bits per heavy atom. The van der Waals surface area contributed by atoms with Crippen molar-refractivity contribution < 1.29 is 19.2 Å². The van der Waals surface area contributed by atoms with Crippen molar-refractivity contribution in [2.24, 2.45) is 0 Å². The highest BCUT2D eigenvalue weighted by atomic mass is 16.2. The van der Waals surface area contributed by atoms with E-state index >= 15 is 0 Å². The average Bonchev–Trinajstić information content (AvgIpc) is 3.09. The Morgan fingerprint density at radius 1 is 1.10 bits per heavy atom. The van der Waals surface area contributed by atoms with Gasteiger partial charge in [-0.1, -0.05) is 31.2 Å². The summed E-state index contributed by atoms with van der Waals surface area (Å²) in [4.78, 5) is 54.6. The van der Waals surface area contributed by atoms with Crippen molar-refractivity contribution >= 4 is 34.9 Å². The van der Waals surface area contributed by atoms with Crippen LogP contribution >= 0.6 is 0 Å². The number of nitrogens with one attached hydrogen (secondary N) is 1. The highest BCUT2D eigenvalue weighted by molar-refractivity contribution is 6.18. The van der Waals surface area contributed by atoms with Gasteiger partial charge in [0.25, 0.3) is 11.8 Å². The fourth-order valence-electron chi connectivity index (χ4n) is 4.36. The van der Waals surface area contributed by atoms with Crippen LogP contribution in [-0.2, 0) is 9.59 Å². The molecular weight excluding hydrogens is 382 g/mol. The number of hydrogen-bond acceptors (Lipinski definition) is 4. The minimum atomic E-state index is -1.43. The summed E-state index contributed by atoms with van der Waals surface area (Å²) in [5, 5.41) is 2.85. The molecule has 3 amide bonds. The van der Waals surface area contributed by atoms with Gasteiger partial charge in [0.05, 0.1) is 11.3 Å². The lowest BCUT2D eigenvalue weighted by Crippen LogP contribution is -2.69. The summed E-state index contributed by atoms with van der Waals surface area (Å²) >= 11 is 0. The molecule has 0 bridgehead atoms. The van der Waals surface area contributed by atoms with Crippen LogP contribution in [0.25, 0.3) is 0 Å². The Balaban J connectivity index is 1.81. The first-order chi connectivity index (χ1) is 14.4. The fourth-order valence-corrected chi connectivity index (χ4v) is 4.36. The van der Waals surface area contributed by atoms with Crippen molar-refractivity contribution in [3.63, 3.8) is 0 Å². The van der Waals surface area contributed by atoms with Gasteiger partial charge in [-0.15, -0.1) is 0 Å². The van der Waals surface area contributed by atoms with Gasteiger partial charge in [0.15, 0.2) is 5.78 Å². The predicted molar refractivity (Wildman–Crippen MR) is 112 cm³/mol. The van der Waals surface area contributed by atoms with Gasteiger partial charge in [0, 0.05) is 30.6 Å². The lowest BCUT2D eigenvalue weighted by molar-refractivity contribution is -0.128. The number of nitrogens with zero attached hydrogens (tertiary/aromatic N) is 2. The quantitative estimate of drug-likeness (QED) is 0.774. The minimum Gasteiger partial charge on any atom is -0.322 e. The molecule has 1 saturated heterocycles. The molecule has 0 unspecified atom stereocenters. The maximum atomic E-state index is 13.7. The number of rotatable bonds is 5. The number of ketones is 1. The lowest BCUT2D eigenvalue weighted by Gasteiger charge is -2.49. The third kappa shape index (κ3) is 2.89. The molecule has 2 aliphatic heterocycles. The molecule has 1 atom stereocenters. The number of fused-ring (bicyclic) bond motifs is 3. The van der Waals surface area contributed by atoms with Gasteiger partial charge >= 0.3 is 0 Å². The summed E-state index contributed by atoms with van der Waals surface area (Å²) in [5.41, 5.74) is 0.377. The zero-order valence-electron chi connectivity index (χ0n) is 17.0. The lowest BCUT2D eigenvalue weighted by atomic mass is 9.95. The number of carbonyl (C=O) groups excluding carboxylic acids is 4. The SMILES string of the molecule is CCCN1C(=O)c2ccccc2N2C(=O)CC[C@@]12C(=O)Nc1cccc(C(C)=O)c1. The summed E-state index contributed by atoms with van der Waals surface area (Å²) in [6.45, 7) is 3.73. The monoisotopic (exact) mass is 405 g/mol. The summed E-state index contributed by atoms with van der Waals surface area (Å²) in [6, 6.07) is 13.5. The molecule has 0 radical (unpaired) electrons. The molecule has 7 heteroatoms. The Morgan fingerprint density at radius 3 is 2.60 bits per heavy atom. The normalized spacial score (nSPS) is 20.1. The van der Waals surface area contributed by atoms with Crippen LogP contribution in [0.1, 0.15) is 53.8 Å². The van der Waals surface area contributed by atoms with Crippen LogP contribution in [0.15, 0.2) is 48.5 Å². The third-order valence-electron chi connectivity index (χ3n) is 5.71. The van der Waals surface area contributed by atoms with Crippen molar-refractivity contribution in [2.45, 2.75) is 38.8 Å². The molecule has 0 aliphatic carbocycles. The molecule has 154 valence electrons. The van der Waals surface area contributed by atoms with E-state index in [0.717, 1.165) is 0 Å². The van der Waals surface area contributed by atoms with Crippen LogP contribution in [0.2, 0.25) is 0 Å². The molecule has 4 rings (SSSR count). The Hall–Kier alpha value is -3.48. The van der Waals surface area contributed by atoms with Crippen molar-refractivity contribution in [3.8, 4) is 0 Å². The molecule has 1 N–H and O–H groups in total. The molecule has 2 aromatic rings. The summed E-state index contributed by atoms with van der Waals surface area (Å²) in [6.07, 6.45) is 1.03. The zero-order chi connectivity index (χ0) is 21.5. The van der Waals surface area contributed by atoms with E-state index in [-0.39, 0.29) is 30.4 Å². The molecule has 0 aromatic heterocycles. The number of Topliss-reactive ketones (excluding diaryl/α,β-unsaturated/α-hetero) is 1.